The van der Waals surface area contributed by atoms with E-state index in [2.05, 4.69) is 0 Å². The highest BCUT2D eigenvalue weighted by Gasteiger charge is 2.21. The standard InChI is InChI=1S/C13H11NO6/c1-7-6-10(15)12(17)13(20-7)11(16)8-2-4-9(5-3-8)14(18)19/h2-6,11,16-17H,1H3. The summed E-state index contributed by atoms with van der Waals surface area (Å²) < 4.78 is 5.15. The lowest BCUT2D eigenvalue weighted by molar-refractivity contribution is -0.384. The van der Waals surface area contributed by atoms with Gasteiger partial charge in [0.25, 0.3) is 5.69 Å². The Kier molecular flexibility index (Phi) is 3.53. The maximum atomic E-state index is 11.4. The third-order valence-electron chi connectivity index (χ3n) is 2.74. The molecule has 0 spiro atoms. The number of aliphatic hydroxyl groups is 1. The molecule has 7 nitrogen and oxygen atoms in total. The van der Waals surface area contributed by atoms with E-state index in [4.69, 9.17) is 4.42 Å². The first-order valence-electron chi connectivity index (χ1n) is 5.66. The van der Waals surface area contributed by atoms with E-state index < -0.39 is 22.2 Å². The summed E-state index contributed by atoms with van der Waals surface area (Å²) >= 11 is 0. The molecule has 1 aromatic carbocycles. The molecule has 0 radical (unpaired) electrons. The minimum atomic E-state index is -1.39. The number of aromatic hydroxyl groups is 1. The van der Waals surface area contributed by atoms with Crippen molar-refractivity contribution in [3.8, 4) is 5.75 Å². The molecule has 1 heterocycles. The molecule has 0 aliphatic rings. The Morgan fingerprint density at radius 3 is 2.45 bits per heavy atom. The van der Waals surface area contributed by atoms with Gasteiger partial charge in [-0.3, -0.25) is 14.9 Å². The first-order chi connectivity index (χ1) is 9.40. The van der Waals surface area contributed by atoms with Crippen molar-refractivity contribution in [3.63, 3.8) is 0 Å². The van der Waals surface area contributed by atoms with Crippen LogP contribution in [0.15, 0.2) is 39.5 Å². The van der Waals surface area contributed by atoms with Gasteiger partial charge in [-0.05, 0) is 24.6 Å². The highest BCUT2D eigenvalue weighted by molar-refractivity contribution is 5.38. The van der Waals surface area contributed by atoms with E-state index in [-0.39, 0.29) is 22.8 Å². The largest absolute Gasteiger partial charge is 0.502 e. The van der Waals surface area contributed by atoms with Crippen LogP contribution in [0.3, 0.4) is 0 Å². The number of nitro groups is 1. The minimum absolute atomic E-state index is 0.129. The van der Waals surface area contributed by atoms with E-state index in [1.54, 1.807) is 0 Å². The van der Waals surface area contributed by atoms with Crippen LogP contribution in [-0.2, 0) is 0 Å². The van der Waals surface area contributed by atoms with Crippen LogP contribution in [0, 0.1) is 17.0 Å². The van der Waals surface area contributed by atoms with Crippen molar-refractivity contribution in [2.75, 3.05) is 0 Å². The van der Waals surface area contributed by atoms with E-state index in [1.165, 1.54) is 31.2 Å². The first kappa shape index (κ1) is 13.8. The maximum absolute atomic E-state index is 11.4. The van der Waals surface area contributed by atoms with Gasteiger partial charge in [-0.25, -0.2) is 0 Å². The van der Waals surface area contributed by atoms with Gasteiger partial charge in [0, 0.05) is 18.2 Å². The van der Waals surface area contributed by atoms with Crippen LogP contribution >= 0.6 is 0 Å². The van der Waals surface area contributed by atoms with Crippen LogP contribution in [0.1, 0.15) is 23.2 Å². The lowest BCUT2D eigenvalue weighted by Gasteiger charge is -2.11. The average Bonchev–Trinajstić information content (AvgIpc) is 2.42. The van der Waals surface area contributed by atoms with Gasteiger partial charge in [-0.1, -0.05) is 0 Å². The number of hydrogen-bond acceptors (Lipinski definition) is 6. The number of non-ortho nitro benzene ring substituents is 1. The van der Waals surface area contributed by atoms with Gasteiger partial charge >= 0.3 is 0 Å². The molecule has 2 N–H and O–H groups in total. The van der Waals surface area contributed by atoms with Crippen LogP contribution in [0.4, 0.5) is 5.69 Å². The predicted molar refractivity (Wildman–Crippen MR) is 68.5 cm³/mol. The minimum Gasteiger partial charge on any atom is -0.502 e. The van der Waals surface area contributed by atoms with Crippen molar-refractivity contribution in [2.45, 2.75) is 13.0 Å². The molecule has 0 saturated heterocycles. The zero-order valence-electron chi connectivity index (χ0n) is 10.4. The number of benzene rings is 1. The number of aliphatic hydroxyl groups excluding tert-OH is 1. The van der Waals surface area contributed by atoms with Gasteiger partial charge in [0.2, 0.25) is 11.2 Å². The summed E-state index contributed by atoms with van der Waals surface area (Å²) in [4.78, 5) is 21.4. The molecule has 20 heavy (non-hydrogen) atoms. The first-order valence-corrected chi connectivity index (χ1v) is 5.66. The summed E-state index contributed by atoms with van der Waals surface area (Å²) in [6.45, 7) is 1.51. The molecule has 7 heteroatoms. The lowest BCUT2D eigenvalue weighted by Crippen LogP contribution is -2.08. The van der Waals surface area contributed by atoms with Crippen LogP contribution in [0.2, 0.25) is 0 Å². The van der Waals surface area contributed by atoms with Crippen LogP contribution in [0.25, 0.3) is 0 Å². The summed E-state index contributed by atoms with van der Waals surface area (Å²) in [5.74, 6) is -0.728. The van der Waals surface area contributed by atoms with E-state index >= 15 is 0 Å². The molecule has 104 valence electrons. The Morgan fingerprint density at radius 1 is 1.30 bits per heavy atom. The molecule has 2 rings (SSSR count). The summed E-state index contributed by atoms with van der Waals surface area (Å²) in [5, 5.41) is 30.2. The highest BCUT2D eigenvalue weighted by Crippen LogP contribution is 2.28. The van der Waals surface area contributed by atoms with Crippen molar-refractivity contribution >= 4 is 5.69 Å². The molecule has 1 atom stereocenters. The molecule has 1 aromatic heterocycles. The Bertz CT molecular complexity index is 704. The third kappa shape index (κ3) is 2.52. The van der Waals surface area contributed by atoms with Gasteiger partial charge in [-0.2, -0.15) is 0 Å². The van der Waals surface area contributed by atoms with Crippen molar-refractivity contribution in [1.29, 1.82) is 0 Å². The van der Waals surface area contributed by atoms with Crippen LogP contribution in [0.5, 0.6) is 5.75 Å². The molecule has 2 aromatic rings. The van der Waals surface area contributed by atoms with E-state index in [0.29, 0.717) is 0 Å². The molecular formula is C13H11NO6. The second-order valence-corrected chi connectivity index (χ2v) is 4.19. The van der Waals surface area contributed by atoms with Gasteiger partial charge in [0.05, 0.1) is 4.92 Å². The number of rotatable bonds is 3. The van der Waals surface area contributed by atoms with Crippen molar-refractivity contribution in [3.05, 3.63) is 67.8 Å². The van der Waals surface area contributed by atoms with Crippen molar-refractivity contribution in [2.24, 2.45) is 0 Å². The fourth-order valence-corrected chi connectivity index (χ4v) is 1.74. The summed E-state index contributed by atoms with van der Waals surface area (Å²) in [6.07, 6.45) is -1.39. The Morgan fingerprint density at radius 2 is 1.90 bits per heavy atom. The molecule has 0 bridgehead atoms. The van der Waals surface area contributed by atoms with Gasteiger partial charge in [-0.15, -0.1) is 0 Å². The lowest BCUT2D eigenvalue weighted by atomic mass is 10.1. The van der Waals surface area contributed by atoms with Gasteiger partial charge in [0.1, 0.15) is 11.9 Å². The maximum Gasteiger partial charge on any atom is 0.269 e. The zero-order chi connectivity index (χ0) is 14.9. The predicted octanol–water partition coefficient (Wildman–Crippen LogP) is 1.64. The average molecular weight is 277 g/mol. The molecule has 0 fully saturated rings. The number of hydrogen-bond donors (Lipinski definition) is 2. The normalized spacial score (nSPS) is 12.1. The molecule has 1 unspecified atom stereocenters. The fourth-order valence-electron chi connectivity index (χ4n) is 1.74. The van der Waals surface area contributed by atoms with Gasteiger partial charge < -0.3 is 14.6 Å². The second kappa shape index (κ2) is 5.14. The summed E-state index contributed by atoms with van der Waals surface area (Å²) in [5.41, 5.74) is -0.528. The Hall–Kier alpha value is -2.67. The quantitative estimate of drug-likeness (QED) is 0.651. The second-order valence-electron chi connectivity index (χ2n) is 4.19. The SMILES string of the molecule is Cc1cc(=O)c(O)c(C(O)c2ccc([N+](=O)[O-])cc2)o1. The Labute approximate surface area is 112 Å². The van der Waals surface area contributed by atoms with Crippen LogP contribution in [-0.4, -0.2) is 15.1 Å². The smallest absolute Gasteiger partial charge is 0.269 e. The Balaban J connectivity index is 2.43. The summed E-state index contributed by atoms with van der Waals surface area (Å²) in [7, 11) is 0. The molecule has 0 amide bonds. The fraction of sp³-hybridized carbons (Fsp3) is 0.154. The summed E-state index contributed by atoms with van der Waals surface area (Å²) in [6, 6.07) is 6.17. The highest BCUT2D eigenvalue weighted by atomic mass is 16.6. The molecule has 0 saturated carbocycles. The number of nitrogens with zero attached hydrogens (tertiary/aromatic N) is 1. The van der Waals surface area contributed by atoms with Crippen molar-refractivity contribution in [1.82, 2.24) is 0 Å². The van der Waals surface area contributed by atoms with E-state index in [0.717, 1.165) is 6.07 Å². The number of aryl methyl sites for hydroxylation is 1. The monoisotopic (exact) mass is 277 g/mol. The number of nitro benzene ring substituents is 1. The molecule has 0 aliphatic carbocycles. The topological polar surface area (TPSA) is 114 Å². The van der Waals surface area contributed by atoms with E-state index in [9.17, 15) is 25.1 Å². The third-order valence-corrected chi connectivity index (χ3v) is 2.74. The zero-order valence-corrected chi connectivity index (χ0v) is 10.4. The van der Waals surface area contributed by atoms with Gasteiger partial charge in [0.15, 0.2) is 5.76 Å². The molecule has 0 aliphatic heterocycles. The van der Waals surface area contributed by atoms with Crippen molar-refractivity contribution < 1.29 is 19.6 Å². The van der Waals surface area contributed by atoms with E-state index in [1.807, 2.05) is 0 Å². The molecular weight excluding hydrogens is 266 g/mol. The van der Waals surface area contributed by atoms with Crippen LogP contribution < -0.4 is 5.43 Å².